The Morgan fingerprint density at radius 1 is 1.22 bits per heavy atom. The van der Waals surface area contributed by atoms with Gasteiger partial charge in [0.2, 0.25) is 5.91 Å². The molecule has 2 aromatic carbocycles. The highest BCUT2D eigenvalue weighted by molar-refractivity contribution is 7.99. The van der Waals surface area contributed by atoms with Crippen molar-refractivity contribution in [2.45, 2.75) is 24.8 Å². The van der Waals surface area contributed by atoms with Crippen molar-refractivity contribution >= 4 is 29.3 Å². The summed E-state index contributed by atoms with van der Waals surface area (Å²) in [6.45, 7) is 4.65. The Kier molecular flexibility index (Phi) is 6.19. The van der Waals surface area contributed by atoms with Gasteiger partial charge in [0.05, 0.1) is 6.61 Å². The average molecular weight is 385 g/mol. The highest BCUT2D eigenvalue weighted by Crippen LogP contribution is 2.23. The van der Waals surface area contributed by atoms with Gasteiger partial charge in [-0.3, -0.25) is 9.59 Å². The highest BCUT2D eigenvalue weighted by atomic mass is 32.2. The molecule has 1 aliphatic heterocycles. The second kappa shape index (κ2) is 8.59. The lowest BCUT2D eigenvalue weighted by Crippen LogP contribution is -2.57. The lowest BCUT2D eigenvalue weighted by atomic mass is 10.1. The topological polar surface area (TPSA) is 60.9 Å². The number of piperazine rings is 1. The van der Waals surface area contributed by atoms with Gasteiger partial charge in [0.15, 0.2) is 0 Å². The second-order valence-electron chi connectivity index (χ2n) is 6.72. The quantitative estimate of drug-likeness (QED) is 0.805. The van der Waals surface area contributed by atoms with Crippen LogP contribution >= 0.6 is 11.8 Å². The summed E-state index contributed by atoms with van der Waals surface area (Å²) in [5.74, 6) is 0.431. The third kappa shape index (κ3) is 4.51. The Morgan fingerprint density at radius 2 is 1.96 bits per heavy atom. The molecule has 0 spiro atoms. The van der Waals surface area contributed by atoms with Gasteiger partial charge in [-0.2, -0.15) is 0 Å². The van der Waals surface area contributed by atoms with Crippen LogP contribution in [0.4, 0.5) is 5.69 Å². The van der Waals surface area contributed by atoms with Crippen molar-refractivity contribution < 1.29 is 14.7 Å². The minimum Gasteiger partial charge on any atom is -0.396 e. The van der Waals surface area contributed by atoms with Crippen molar-refractivity contribution in [1.82, 2.24) is 4.90 Å². The highest BCUT2D eigenvalue weighted by Gasteiger charge is 2.33. The summed E-state index contributed by atoms with van der Waals surface area (Å²) in [5.41, 5.74) is 2.56. The van der Waals surface area contributed by atoms with Crippen LogP contribution in [0.25, 0.3) is 0 Å². The number of aryl methyl sites for hydroxylation is 1. The number of rotatable bonds is 5. The fraction of sp³-hybridized carbons (Fsp3) is 0.333. The zero-order valence-corrected chi connectivity index (χ0v) is 16.4. The van der Waals surface area contributed by atoms with Crippen LogP contribution < -0.4 is 4.90 Å². The van der Waals surface area contributed by atoms with Gasteiger partial charge in [-0.1, -0.05) is 12.1 Å². The molecule has 1 aliphatic rings. The molecule has 0 radical (unpaired) electrons. The standard InChI is InChI=1S/C21H24N2O3S/c1-15-4-3-5-18(12-15)23-13-16(2)22(14-20(23)25)21(26)17-6-8-19(9-7-17)27-11-10-24/h3-9,12,16,24H,10-11,13-14H2,1-2H3/t16-/m1/s1. The average Bonchev–Trinajstić information content (AvgIpc) is 2.67. The van der Waals surface area contributed by atoms with Crippen molar-refractivity contribution in [3.63, 3.8) is 0 Å². The number of anilines is 1. The molecule has 6 heteroatoms. The molecule has 142 valence electrons. The summed E-state index contributed by atoms with van der Waals surface area (Å²) in [4.78, 5) is 30.0. The summed E-state index contributed by atoms with van der Waals surface area (Å²) in [7, 11) is 0. The maximum atomic E-state index is 12.9. The monoisotopic (exact) mass is 384 g/mol. The van der Waals surface area contributed by atoms with Crippen molar-refractivity contribution in [2.75, 3.05) is 30.3 Å². The van der Waals surface area contributed by atoms with E-state index in [-0.39, 0.29) is 31.0 Å². The fourth-order valence-electron chi connectivity index (χ4n) is 3.19. The van der Waals surface area contributed by atoms with E-state index in [1.165, 1.54) is 0 Å². The third-order valence-electron chi connectivity index (χ3n) is 4.62. The summed E-state index contributed by atoms with van der Waals surface area (Å²) in [5, 5.41) is 8.90. The largest absolute Gasteiger partial charge is 0.396 e. The molecular formula is C21H24N2O3S. The van der Waals surface area contributed by atoms with Crippen molar-refractivity contribution in [2.24, 2.45) is 0 Å². The Bertz CT molecular complexity index is 822. The molecule has 1 atom stereocenters. The van der Waals surface area contributed by atoms with E-state index in [2.05, 4.69) is 0 Å². The number of carbonyl (C=O) groups excluding carboxylic acids is 2. The van der Waals surface area contributed by atoms with Crippen LogP contribution in [0, 0.1) is 6.92 Å². The smallest absolute Gasteiger partial charge is 0.254 e. The summed E-state index contributed by atoms with van der Waals surface area (Å²) >= 11 is 1.54. The molecule has 0 unspecified atom stereocenters. The molecule has 27 heavy (non-hydrogen) atoms. The molecule has 0 bridgehead atoms. The summed E-state index contributed by atoms with van der Waals surface area (Å²) in [6, 6.07) is 15.1. The van der Waals surface area contributed by atoms with E-state index in [4.69, 9.17) is 5.11 Å². The number of aliphatic hydroxyl groups excluding tert-OH is 1. The normalized spacial score (nSPS) is 17.3. The van der Waals surface area contributed by atoms with Crippen molar-refractivity contribution in [3.05, 3.63) is 59.7 Å². The third-order valence-corrected chi connectivity index (χ3v) is 5.61. The lowest BCUT2D eigenvalue weighted by Gasteiger charge is -2.39. The molecule has 3 rings (SSSR count). The van der Waals surface area contributed by atoms with Gasteiger partial charge in [0.25, 0.3) is 5.91 Å². The Balaban J connectivity index is 1.71. The van der Waals surface area contributed by atoms with Crippen LogP contribution in [-0.2, 0) is 4.79 Å². The van der Waals surface area contributed by atoms with Gasteiger partial charge in [0, 0.05) is 34.5 Å². The second-order valence-corrected chi connectivity index (χ2v) is 7.89. The van der Waals surface area contributed by atoms with Crippen molar-refractivity contribution in [3.8, 4) is 0 Å². The minimum absolute atomic E-state index is 0.0674. The molecule has 0 aromatic heterocycles. The number of thioether (sulfide) groups is 1. The van der Waals surface area contributed by atoms with Gasteiger partial charge < -0.3 is 14.9 Å². The van der Waals surface area contributed by atoms with Crippen LogP contribution in [0.1, 0.15) is 22.8 Å². The Hall–Kier alpha value is -2.31. The Morgan fingerprint density at radius 3 is 2.63 bits per heavy atom. The number of amides is 2. The first-order valence-corrected chi connectivity index (χ1v) is 10.00. The number of hydrogen-bond acceptors (Lipinski definition) is 4. The zero-order chi connectivity index (χ0) is 19.4. The van der Waals surface area contributed by atoms with E-state index in [0.717, 1.165) is 16.1 Å². The molecule has 0 saturated carbocycles. The van der Waals surface area contributed by atoms with Gasteiger partial charge in [-0.25, -0.2) is 0 Å². The first-order chi connectivity index (χ1) is 13.0. The molecule has 5 nitrogen and oxygen atoms in total. The zero-order valence-electron chi connectivity index (χ0n) is 15.6. The number of carbonyl (C=O) groups is 2. The molecule has 2 aromatic rings. The van der Waals surface area contributed by atoms with Crippen LogP contribution in [-0.4, -0.2) is 53.3 Å². The van der Waals surface area contributed by atoms with Gasteiger partial charge in [0.1, 0.15) is 6.54 Å². The van der Waals surface area contributed by atoms with Crippen molar-refractivity contribution in [1.29, 1.82) is 0 Å². The first kappa shape index (κ1) is 19.5. The first-order valence-electron chi connectivity index (χ1n) is 9.01. The molecule has 1 N–H and O–H groups in total. The minimum atomic E-state index is -0.126. The van der Waals surface area contributed by atoms with E-state index in [1.807, 2.05) is 50.2 Å². The number of hydrogen-bond donors (Lipinski definition) is 1. The lowest BCUT2D eigenvalue weighted by molar-refractivity contribution is -0.121. The van der Waals surface area contributed by atoms with E-state index in [9.17, 15) is 9.59 Å². The van der Waals surface area contributed by atoms with E-state index in [1.54, 1.807) is 33.7 Å². The Labute approximate surface area is 164 Å². The maximum Gasteiger partial charge on any atom is 0.254 e. The van der Waals surface area contributed by atoms with E-state index >= 15 is 0 Å². The number of nitrogens with zero attached hydrogens (tertiary/aromatic N) is 2. The summed E-state index contributed by atoms with van der Waals surface area (Å²) < 4.78 is 0. The van der Waals surface area contributed by atoms with E-state index in [0.29, 0.717) is 17.9 Å². The molecule has 1 heterocycles. The van der Waals surface area contributed by atoms with Crippen LogP contribution in [0.3, 0.4) is 0 Å². The maximum absolute atomic E-state index is 12.9. The van der Waals surface area contributed by atoms with Crippen LogP contribution in [0.2, 0.25) is 0 Å². The SMILES string of the molecule is Cc1cccc(N2C[C@@H](C)N(C(=O)c3ccc(SCCO)cc3)CC2=O)c1. The number of benzene rings is 2. The molecule has 1 fully saturated rings. The van der Waals surface area contributed by atoms with Crippen LogP contribution in [0.15, 0.2) is 53.4 Å². The molecular weight excluding hydrogens is 360 g/mol. The molecule has 0 aliphatic carbocycles. The van der Waals surface area contributed by atoms with Gasteiger partial charge in [-0.05, 0) is 55.8 Å². The molecule has 1 saturated heterocycles. The predicted molar refractivity (Wildman–Crippen MR) is 108 cm³/mol. The fourth-order valence-corrected chi connectivity index (χ4v) is 3.85. The predicted octanol–water partition coefficient (Wildman–Crippen LogP) is 2.96. The summed E-state index contributed by atoms with van der Waals surface area (Å²) in [6.07, 6.45) is 0. The van der Waals surface area contributed by atoms with Gasteiger partial charge >= 0.3 is 0 Å². The number of aliphatic hydroxyl groups is 1. The van der Waals surface area contributed by atoms with Gasteiger partial charge in [-0.15, -0.1) is 11.8 Å². The molecule has 2 amide bonds. The van der Waals surface area contributed by atoms with Crippen LogP contribution in [0.5, 0.6) is 0 Å². The van der Waals surface area contributed by atoms with E-state index < -0.39 is 0 Å².